The summed E-state index contributed by atoms with van der Waals surface area (Å²) in [6.07, 6.45) is 0. The summed E-state index contributed by atoms with van der Waals surface area (Å²) in [5, 5.41) is 6.64. The number of aliphatic imine (C=N–C) groups is 1. The number of benzene rings is 2. The summed E-state index contributed by atoms with van der Waals surface area (Å²) in [6, 6.07) is 17.2. The first-order valence-corrected chi connectivity index (χ1v) is 10.6. The van der Waals surface area contributed by atoms with Crippen LogP contribution in [0.25, 0.3) is 0 Å². The van der Waals surface area contributed by atoms with Crippen LogP contribution in [0, 0.1) is 0 Å². The number of guanidine groups is 1. The van der Waals surface area contributed by atoms with Gasteiger partial charge in [0.15, 0.2) is 5.96 Å². The van der Waals surface area contributed by atoms with Gasteiger partial charge in [-0.05, 0) is 23.3 Å². The molecular weight excluding hydrogens is 372 g/mol. The van der Waals surface area contributed by atoms with Gasteiger partial charge in [-0.1, -0.05) is 56.3 Å². The maximum absolute atomic E-state index is 12.1. The van der Waals surface area contributed by atoms with Crippen molar-refractivity contribution in [2.75, 3.05) is 27.7 Å². The summed E-state index contributed by atoms with van der Waals surface area (Å²) in [6.45, 7) is 5.66. The lowest BCUT2D eigenvalue weighted by molar-refractivity contribution is 0.508. The maximum atomic E-state index is 12.1. The van der Waals surface area contributed by atoms with Crippen molar-refractivity contribution in [1.29, 1.82) is 0 Å². The van der Waals surface area contributed by atoms with Crippen LogP contribution in [0.3, 0.4) is 0 Å². The van der Waals surface area contributed by atoms with E-state index in [-0.39, 0.29) is 10.3 Å². The summed E-state index contributed by atoms with van der Waals surface area (Å²) in [7, 11) is 1.38. The Hall–Kier alpha value is -2.38. The highest BCUT2D eigenvalue weighted by molar-refractivity contribution is 7.89. The van der Waals surface area contributed by atoms with Crippen LogP contribution in [0.1, 0.15) is 25.0 Å². The van der Waals surface area contributed by atoms with E-state index in [1.165, 1.54) is 24.0 Å². The van der Waals surface area contributed by atoms with Crippen LogP contribution in [0.4, 0.5) is 0 Å². The fourth-order valence-corrected chi connectivity index (χ4v) is 3.59. The summed E-state index contributed by atoms with van der Waals surface area (Å²) in [5.41, 5.74) is 2.19. The van der Waals surface area contributed by atoms with Crippen LogP contribution < -0.4 is 10.6 Å². The number of nitrogens with one attached hydrogen (secondary N) is 2. The molecule has 2 aromatic carbocycles. The summed E-state index contributed by atoms with van der Waals surface area (Å²) < 4.78 is 25.5. The minimum atomic E-state index is -3.40. The molecule has 0 radical (unpaired) electrons. The Morgan fingerprint density at radius 1 is 1.00 bits per heavy atom. The van der Waals surface area contributed by atoms with Crippen molar-refractivity contribution in [2.24, 2.45) is 4.99 Å². The van der Waals surface area contributed by atoms with Gasteiger partial charge in [0, 0.05) is 39.6 Å². The molecule has 2 rings (SSSR count). The minimum absolute atomic E-state index is 0.0406. The van der Waals surface area contributed by atoms with Gasteiger partial charge in [0.2, 0.25) is 10.0 Å². The molecule has 0 fully saturated rings. The van der Waals surface area contributed by atoms with Gasteiger partial charge in [0.1, 0.15) is 0 Å². The predicted octanol–water partition coefficient (Wildman–Crippen LogP) is 2.58. The van der Waals surface area contributed by atoms with E-state index >= 15 is 0 Å². The van der Waals surface area contributed by atoms with Crippen molar-refractivity contribution in [3.63, 3.8) is 0 Å². The van der Waals surface area contributed by atoms with Gasteiger partial charge in [-0.25, -0.2) is 12.7 Å². The first-order chi connectivity index (χ1) is 13.2. The van der Waals surface area contributed by atoms with Crippen LogP contribution in [0.15, 0.2) is 64.5 Å². The van der Waals surface area contributed by atoms with Crippen molar-refractivity contribution in [3.8, 4) is 0 Å². The molecule has 152 valence electrons. The number of rotatable bonds is 7. The number of hydrogen-bond donors (Lipinski definition) is 2. The lowest BCUT2D eigenvalue weighted by Crippen LogP contribution is -2.43. The van der Waals surface area contributed by atoms with Gasteiger partial charge in [-0.15, -0.1) is 0 Å². The molecule has 7 heteroatoms. The van der Waals surface area contributed by atoms with E-state index in [2.05, 4.69) is 41.6 Å². The Balaban J connectivity index is 1.94. The summed E-state index contributed by atoms with van der Waals surface area (Å²) in [5.74, 6) is 0.703. The average Bonchev–Trinajstić information content (AvgIpc) is 2.69. The molecule has 0 unspecified atom stereocenters. The predicted molar refractivity (Wildman–Crippen MR) is 115 cm³/mol. The lowest BCUT2D eigenvalue weighted by Gasteiger charge is -2.26. The molecule has 0 saturated heterocycles. The molecule has 0 amide bonds. The van der Waals surface area contributed by atoms with E-state index in [4.69, 9.17) is 0 Å². The zero-order chi connectivity index (χ0) is 20.8. The van der Waals surface area contributed by atoms with Crippen LogP contribution in [-0.2, 0) is 22.0 Å². The Morgan fingerprint density at radius 3 is 2.14 bits per heavy atom. The monoisotopic (exact) mass is 402 g/mol. The molecule has 28 heavy (non-hydrogen) atoms. The van der Waals surface area contributed by atoms with E-state index < -0.39 is 10.0 Å². The molecule has 0 aliphatic carbocycles. The second kappa shape index (κ2) is 9.21. The summed E-state index contributed by atoms with van der Waals surface area (Å²) >= 11 is 0. The largest absolute Gasteiger partial charge is 0.356 e. The van der Waals surface area contributed by atoms with Crippen molar-refractivity contribution < 1.29 is 8.42 Å². The number of sulfonamides is 1. The minimum Gasteiger partial charge on any atom is -0.356 e. The van der Waals surface area contributed by atoms with Gasteiger partial charge in [-0.2, -0.15) is 0 Å². The normalized spacial score (nSPS) is 12.9. The molecule has 0 bridgehead atoms. The van der Waals surface area contributed by atoms with Gasteiger partial charge in [0.05, 0.1) is 4.90 Å². The number of hydrogen-bond acceptors (Lipinski definition) is 3. The van der Waals surface area contributed by atoms with Gasteiger partial charge < -0.3 is 10.6 Å². The Kier molecular flexibility index (Phi) is 7.21. The highest BCUT2D eigenvalue weighted by Crippen LogP contribution is 2.21. The van der Waals surface area contributed by atoms with Gasteiger partial charge in [0.25, 0.3) is 0 Å². The van der Waals surface area contributed by atoms with Crippen molar-refractivity contribution in [2.45, 2.75) is 30.7 Å². The smallest absolute Gasteiger partial charge is 0.242 e. The molecule has 2 aromatic rings. The lowest BCUT2D eigenvalue weighted by atomic mass is 9.85. The van der Waals surface area contributed by atoms with Crippen LogP contribution in [0.5, 0.6) is 0 Å². The van der Waals surface area contributed by atoms with E-state index in [0.717, 1.165) is 12.1 Å². The highest BCUT2D eigenvalue weighted by Gasteiger charge is 2.20. The first-order valence-electron chi connectivity index (χ1n) is 9.18. The van der Waals surface area contributed by atoms with Gasteiger partial charge in [-0.3, -0.25) is 4.99 Å². The first kappa shape index (κ1) is 21.9. The molecule has 0 aliphatic rings. The standard InChI is InChI=1S/C21H30N4O2S/c1-21(2,18-9-7-6-8-10-18)16-24-20(22-3)23-15-17-11-13-19(14-12-17)28(26,27)25(4)5/h6-14H,15-16H2,1-5H3,(H2,22,23,24). The highest BCUT2D eigenvalue weighted by atomic mass is 32.2. The topological polar surface area (TPSA) is 73.8 Å². The van der Waals surface area contributed by atoms with Crippen LogP contribution in [0.2, 0.25) is 0 Å². The van der Waals surface area contributed by atoms with Crippen LogP contribution in [-0.4, -0.2) is 46.4 Å². The maximum Gasteiger partial charge on any atom is 0.242 e. The summed E-state index contributed by atoms with van der Waals surface area (Å²) in [4.78, 5) is 4.56. The van der Waals surface area contributed by atoms with E-state index in [0.29, 0.717) is 12.5 Å². The quantitative estimate of drug-likeness (QED) is 0.551. The zero-order valence-corrected chi connectivity index (χ0v) is 18.0. The number of nitrogens with zero attached hydrogens (tertiary/aromatic N) is 2. The van der Waals surface area contributed by atoms with Crippen LogP contribution >= 0.6 is 0 Å². The molecular formula is C21H30N4O2S. The fraction of sp³-hybridized carbons (Fsp3) is 0.381. The third-order valence-electron chi connectivity index (χ3n) is 4.64. The Bertz CT molecular complexity index is 890. The molecule has 6 nitrogen and oxygen atoms in total. The molecule has 0 saturated carbocycles. The molecule has 0 atom stereocenters. The fourth-order valence-electron chi connectivity index (χ4n) is 2.69. The Labute approximate surface area is 168 Å². The SMILES string of the molecule is CN=C(NCc1ccc(S(=O)(=O)N(C)C)cc1)NCC(C)(C)c1ccccc1. The van der Waals surface area contributed by atoms with Crippen molar-refractivity contribution in [1.82, 2.24) is 14.9 Å². The van der Waals surface area contributed by atoms with Crippen molar-refractivity contribution >= 4 is 16.0 Å². The van der Waals surface area contributed by atoms with E-state index in [1.807, 2.05) is 30.3 Å². The third kappa shape index (κ3) is 5.56. The molecule has 0 spiro atoms. The second-order valence-electron chi connectivity index (χ2n) is 7.46. The second-order valence-corrected chi connectivity index (χ2v) is 9.61. The molecule has 0 heterocycles. The molecule has 0 aromatic heterocycles. The van der Waals surface area contributed by atoms with E-state index in [9.17, 15) is 8.42 Å². The third-order valence-corrected chi connectivity index (χ3v) is 6.47. The average molecular weight is 403 g/mol. The van der Waals surface area contributed by atoms with E-state index in [1.54, 1.807) is 19.2 Å². The van der Waals surface area contributed by atoms with Gasteiger partial charge >= 0.3 is 0 Å². The zero-order valence-electron chi connectivity index (χ0n) is 17.2. The molecule has 0 aliphatic heterocycles. The Morgan fingerprint density at radius 2 is 1.61 bits per heavy atom. The van der Waals surface area contributed by atoms with Crippen molar-refractivity contribution in [3.05, 3.63) is 65.7 Å². The molecule has 2 N–H and O–H groups in total.